The Balaban J connectivity index is 2.44. The van der Waals surface area contributed by atoms with Crippen LogP contribution >= 0.6 is 7.82 Å². The second-order valence-corrected chi connectivity index (χ2v) is 16.9. The molecule has 6 N–H and O–H groups in total. The summed E-state index contributed by atoms with van der Waals surface area (Å²) in [5, 5.41) is 50.1. The summed E-state index contributed by atoms with van der Waals surface area (Å²) in [6, 6.07) is 0. The highest BCUT2D eigenvalue weighted by Crippen LogP contribution is 2.47. The Morgan fingerprint density at radius 1 is 0.559 bits per heavy atom. The molecule has 1 aliphatic carbocycles. The van der Waals surface area contributed by atoms with Gasteiger partial charge >= 0.3 is 13.8 Å². The van der Waals surface area contributed by atoms with Gasteiger partial charge in [0.2, 0.25) is 0 Å². The standard InChI is InChI=1S/C46H81O12P/c1-3-5-7-9-11-13-15-17-19-20-21-22-23-25-27-29-31-33-35-40(47)57-39(37-55-36-34-32-30-28-26-24-18-16-14-12-10-8-6-4-2)38-56-59(53,54)58-46-44(51)42(49)41(48)43(50)45(46)52/h6,8,12,14,18-20,24,28,30,39,41-46,48-52H,3-5,7,9-11,13,15-17,21-23,25-27,29,31-38H2,1-2H3,(H,53,54)/b8-6-,14-12-,20-19-,24-18-,30-28-. The zero-order chi connectivity index (χ0) is 43.4. The molecule has 0 heterocycles. The van der Waals surface area contributed by atoms with Crippen LogP contribution in [-0.2, 0) is 27.9 Å². The summed E-state index contributed by atoms with van der Waals surface area (Å²) in [5.41, 5.74) is 0. The van der Waals surface area contributed by atoms with Gasteiger partial charge in [-0.25, -0.2) is 4.57 Å². The van der Waals surface area contributed by atoms with Crippen LogP contribution in [0.25, 0.3) is 0 Å². The third-order valence-corrected chi connectivity index (χ3v) is 11.1. The number of carbonyl (C=O) groups excluding carboxylic acids is 1. The Kier molecular flexibility index (Phi) is 34.2. The zero-order valence-corrected chi connectivity index (χ0v) is 37.2. The minimum absolute atomic E-state index is 0.118. The first-order valence-corrected chi connectivity index (χ1v) is 24.1. The quantitative estimate of drug-likeness (QED) is 0.0151. The molecule has 0 spiro atoms. The average Bonchev–Trinajstić information content (AvgIpc) is 3.22. The number of allylic oxidation sites excluding steroid dienone is 10. The number of aliphatic hydroxyl groups is 5. The molecule has 6 unspecified atom stereocenters. The largest absolute Gasteiger partial charge is 0.472 e. The molecule has 6 atom stereocenters. The molecule has 12 nitrogen and oxygen atoms in total. The van der Waals surface area contributed by atoms with Crippen molar-refractivity contribution in [1.82, 2.24) is 0 Å². The van der Waals surface area contributed by atoms with Gasteiger partial charge in [-0.05, 0) is 70.6 Å². The summed E-state index contributed by atoms with van der Waals surface area (Å²) in [6.45, 7) is 3.99. The van der Waals surface area contributed by atoms with Crippen molar-refractivity contribution in [1.29, 1.82) is 0 Å². The monoisotopic (exact) mass is 857 g/mol. The molecule has 342 valence electrons. The molecule has 0 amide bonds. The predicted molar refractivity (Wildman–Crippen MR) is 235 cm³/mol. The van der Waals surface area contributed by atoms with Gasteiger partial charge in [0.05, 0.1) is 13.2 Å². The van der Waals surface area contributed by atoms with E-state index in [4.69, 9.17) is 18.5 Å². The number of esters is 1. The lowest BCUT2D eigenvalue weighted by Crippen LogP contribution is -2.64. The van der Waals surface area contributed by atoms with Crippen molar-refractivity contribution in [2.75, 3.05) is 19.8 Å². The molecule has 1 aliphatic rings. The second-order valence-electron chi connectivity index (χ2n) is 15.5. The number of aliphatic hydroxyl groups excluding tert-OH is 5. The molecule has 1 fully saturated rings. The van der Waals surface area contributed by atoms with Crippen LogP contribution in [0.4, 0.5) is 0 Å². The molecule has 0 aromatic rings. The highest BCUT2D eigenvalue weighted by atomic mass is 31.2. The van der Waals surface area contributed by atoms with Crippen molar-refractivity contribution in [2.45, 2.75) is 204 Å². The number of unbranched alkanes of at least 4 members (excludes halogenated alkanes) is 15. The van der Waals surface area contributed by atoms with E-state index >= 15 is 0 Å². The SMILES string of the molecule is CC/C=C\C/C=C\C/C=C\C/C=C\CCCOCC(COP(=O)(O)OC1C(O)C(O)C(O)C(O)C1O)OC(=O)CCCCCCCCC/C=C\CCCCCCCCC. The summed E-state index contributed by atoms with van der Waals surface area (Å²) in [4.78, 5) is 23.1. The summed E-state index contributed by atoms with van der Waals surface area (Å²) in [7, 11) is -5.03. The van der Waals surface area contributed by atoms with E-state index in [9.17, 15) is 39.8 Å². The van der Waals surface area contributed by atoms with Crippen LogP contribution in [0.1, 0.15) is 162 Å². The molecule has 0 saturated heterocycles. The minimum atomic E-state index is -5.03. The Bertz CT molecular complexity index is 1200. The normalized spacial score (nSPS) is 23.1. The van der Waals surface area contributed by atoms with Crippen molar-refractivity contribution in [2.24, 2.45) is 0 Å². The van der Waals surface area contributed by atoms with Crippen molar-refractivity contribution < 1.29 is 58.3 Å². The Morgan fingerprint density at radius 2 is 1.00 bits per heavy atom. The highest BCUT2D eigenvalue weighted by molar-refractivity contribution is 7.47. The van der Waals surface area contributed by atoms with Crippen molar-refractivity contribution in [3.8, 4) is 0 Å². The molecule has 1 saturated carbocycles. The van der Waals surface area contributed by atoms with E-state index in [0.29, 0.717) is 19.4 Å². The highest BCUT2D eigenvalue weighted by Gasteiger charge is 2.51. The van der Waals surface area contributed by atoms with Crippen molar-refractivity contribution in [3.05, 3.63) is 60.8 Å². The van der Waals surface area contributed by atoms with Gasteiger partial charge in [0.25, 0.3) is 0 Å². The van der Waals surface area contributed by atoms with E-state index in [1.165, 1.54) is 64.2 Å². The average molecular weight is 857 g/mol. The van der Waals surface area contributed by atoms with Gasteiger partial charge in [0.15, 0.2) is 0 Å². The second kappa shape index (κ2) is 36.7. The van der Waals surface area contributed by atoms with Crippen LogP contribution < -0.4 is 0 Å². The minimum Gasteiger partial charge on any atom is -0.457 e. The smallest absolute Gasteiger partial charge is 0.457 e. The van der Waals surface area contributed by atoms with E-state index in [-0.39, 0.29) is 13.0 Å². The van der Waals surface area contributed by atoms with Gasteiger partial charge in [-0.2, -0.15) is 0 Å². The first kappa shape index (κ1) is 55.1. The van der Waals surface area contributed by atoms with Gasteiger partial charge in [-0.3, -0.25) is 13.8 Å². The lowest BCUT2D eigenvalue weighted by atomic mass is 9.85. The van der Waals surface area contributed by atoms with Gasteiger partial charge < -0.3 is 39.9 Å². The number of hydrogen-bond acceptors (Lipinski definition) is 11. The van der Waals surface area contributed by atoms with Crippen LogP contribution in [-0.4, -0.2) is 98.9 Å². The number of ether oxygens (including phenoxy) is 2. The predicted octanol–water partition coefficient (Wildman–Crippen LogP) is 9.03. The molecular weight excluding hydrogens is 775 g/mol. The van der Waals surface area contributed by atoms with Gasteiger partial charge in [0, 0.05) is 13.0 Å². The molecule has 59 heavy (non-hydrogen) atoms. The van der Waals surface area contributed by atoms with Crippen LogP contribution in [0, 0.1) is 0 Å². The number of carbonyl (C=O) groups is 1. The fourth-order valence-electron chi connectivity index (χ4n) is 6.53. The van der Waals surface area contributed by atoms with Crippen molar-refractivity contribution >= 4 is 13.8 Å². The van der Waals surface area contributed by atoms with Crippen LogP contribution in [0.15, 0.2) is 60.8 Å². The molecule has 0 aromatic carbocycles. The molecule has 0 bridgehead atoms. The third kappa shape index (κ3) is 29.1. The first-order chi connectivity index (χ1) is 28.5. The number of phosphoric acid groups is 1. The molecule has 1 rings (SSSR count). The topological polar surface area (TPSA) is 192 Å². The van der Waals surface area contributed by atoms with Gasteiger partial charge in [0.1, 0.15) is 42.7 Å². The lowest BCUT2D eigenvalue weighted by Gasteiger charge is -2.41. The van der Waals surface area contributed by atoms with E-state index in [1.54, 1.807) is 0 Å². The van der Waals surface area contributed by atoms with Gasteiger partial charge in [-0.1, -0.05) is 145 Å². The maximum atomic E-state index is 12.8. The number of hydrogen-bond donors (Lipinski definition) is 6. The molecule has 13 heteroatoms. The number of phosphoric ester groups is 1. The molecule has 0 radical (unpaired) electrons. The van der Waals surface area contributed by atoms with E-state index < -0.39 is 63.1 Å². The summed E-state index contributed by atoms with van der Waals surface area (Å²) >= 11 is 0. The molecular formula is C46H81O12P. The Morgan fingerprint density at radius 3 is 1.54 bits per heavy atom. The number of rotatable bonds is 37. The van der Waals surface area contributed by atoms with E-state index in [0.717, 1.165) is 64.2 Å². The first-order valence-electron chi connectivity index (χ1n) is 22.6. The maximum Gasteiger partial charge on any atom is 0.472 e. The summed E-state index contributed by atoms with van der Waals surface area (Å²) in [6.07, 6.45) is 33.0. The zero-order valence-electron chi connectivity index (χ0n) is 36.3. The van der Waals surface area contributed by atoms with Gasteiger partial charge in [-0.15, -0.1) is 0 Å². The van der Waals surface area contributed by atoms with Crippen LogP contribution in [0.3, 0.4) is 0 Å². The molecule has 0 aromatic heterocycles. The van der Waals surface area contributed by atoms with E-state index in [2.05, 4.69) is 74.6 Å². The Labute approximate surface area is 356 Å². The van der Waals surface area contributed by atoms with E-state index in [1.807, 2.05) is 0 Å². The van der Waals surface area contributed by atoms with Crippen LogP contribution in [0.5, 0.6) is 0 Å². The summed E-state index contributed by atoms with van der Waals surface area (Å²) in [5.74, 6) is -0.502. The van der Waals surface area contributed by atoms with Crippen molar-refractivity contribution in [3.63, 3.8) is 0 Å². The fourth-order valence-corrected chi connectivity index (χ4v) is 7.50. The molecule has 0 aliphatic heterocycles. The third-order valence-electron chi connectivity index (χ3n) is 10.1. The fraction of sp³-hybridized carbons (Fsp3) is 0.761. The summed E-state index contributed by atoms with van der Waals surface area (Å²) < 4.78 is 34.1. The maximum absolute atomic E-state index is 12.8. The van der Waals surface area contributed by atoms with Crippen LogP contribution in [0.2, 0.25) is 0 Å². The lowest BCUT2D eigenvalue weighted by molar-refractivity contribution is -0.220. The Hall–Kier alpha value is -1.96.